The van der Waals surface area contributed by atoms with Gasteiger partial charge in [-0.15, -0.1) is 0 Å². The fourth-order valence-electron chi connectivity index (χ4n) is 3.75. The van der Waals surface area contributed by atoms with Crippen LogP contribution in [0.1, 0.15) is 18.9 Å². The second-order valence-corrected chi connectivity index (χ2v) is 10.2. The van der Waals surface area contributed by atoms with Gasteiger partial charge < -0.3 is 10.3 Å². The van der Waals surface area contributed by atoms with Crippen molar-refractivity contribution in [2.24, 2.45) is 0 Å². The van der Waals surface area contributed by atoms with Crippen molar-refractivity contribution in [3.63, 3.8) is 0 Å². The zero-order valence-corrected chi connectivity index (χ0v) is 20.5. The molecule has 2 N–H and O–H groups in total. The van der Waals surface area contributed by atoms with E-state index >= 15 is 0 Å². The molecule has 0 aliphatic rings. The van der Waals surface area contributed by atoms with Crippen molar-refractivity contribution >= 4 is 44.4 Å². The van der Waals surface area contributed by atoms with Crippen molar-refractivity contribution in [2.75, 3.05) is 5.32 Å². The molecule has 0 saturated heterocycles. The van der Waals surface area contributed by atoms with E-state index < -0.39 is 0 Å². The molecule has 5 nitrogen and oxygen atoms in total. The summed E-state index contributed by atoms with van der Waals surface area (Å²) in [5.41, 5.74) is 6.00. The molecule has 1 amide bonds. The molecule has 0 spiro atoms. The fraction of sp³-hybridized carbons (Fsp3) is 0.148. The number of fused-ring (bicyclic) bond motifs is 1. The monoisotopic (exact) mass is 484 g/mol. The first-order valence-corrected chi connectivity index (χ1v) is 12.9. The van der Waals surface area contributed by atoms with Crippen molar-refractivity contribution in [2.45, 2.75) is 30.7 Å². The van der Waals surface area contributed by atoms with Gasteiger partial charge in [-0.2, -0.15) is 0 Å². The standard InChI is InChI=1S/C27H24N4OS2/c1-3-21(25(32)31-26-28-20-15-14-17(2)16-22(20)34-26)33-27-29-23(18-10-6-4-7-11-18)24(30-27)19-12-8-5-9-13-19/h4-16,21H,3H2,1-2H3,(H,29,30)(H,28,31,32). The molecule has 5 aromatic rings. The lowest BCUT2D eigenvalue weighted by Crippen LogP contribution is -2.24. The number of amides is 1. The minimum atomic E-state index is -0.299. The van der Waals surface area contributed by atoms with Crippen molar-refractivity contribution in [1.82, 2.24) is 15.0 Å². The Kier molecular flexibility index (Phi) is 6.47. The van der Waals surface area contributed by atoms with Crippen LogP contribution in [-0.4, -0.2) is 26.1 Å². The Morgan fingerprint density at radius 1 is 1.00 bits per heavy atom. The summed E-state index contributed by atoms with van der Waals surface area (Å²) in [6, 6.07) is 26.4. The van der Waals surface area contributed by atoms with Gasteiger partial charge in [0.1, 0.15) is 0 Å². The number of hydrogen-bond donors (Lipinski definition) is 2. The van der Waals surface area contributed by atoms with Gasteiger partial charge in [0.2, 0.25) is 5.91 Å². The third kappa shape index (κ3) is 4.76. The molecule has 170 valence electrons. The number of thiazole rings is 1. The zero-order chi connectivity index (χ0) is 23.5. The van der Waals surface area contributed by atoms with Gasteiger partial charge in [-0.05, 0) is 31.0 Å². The van der Waals surface area contributed by atoms with E-state index in [9.17, 15) is 4.79 Å². The summed E-state index contributed by atoms with van der Waals surface area (Å²) in [5, 5.41) is 4.06. The minimum absolute atomic E-state index is 0.0674. The van der Waals surface area contributed by atoms with Crippen molar-refractivity contribution in [3.05, 3.63) is 84.4 Å². The molecule has 0 fully saturated rings. The van der Waals surface area contributed by atoms with E-state index in [1.807, 2.05) is 55.5 Å². The summed E-state index contributed by atoms with van der Waals surface area (Å²) in [7, 11) is 0. The number of anilines is 1. The fourth-order valence-corrected chi connectivity index (χ4v) is 5.63. The number of aromatic amines is 1. The van der Waals surface area contributed by atoms with Crippen LogP contribution in [0, 0.1) is 6.92 Å². The number of hydrogen-bond acceptors (Lipinski definition) is 5. The maximum atomic E-state index is 13.1. The van der Waals surface area contributed by atoms with Gasteiger partial charge in [0.25, 0.3) is 0 Å². The normalized spacial score (nSPS) is 12.1. The summed E-state index contributed by atoms with van der Waals surface area (Å²) in [5.74, 6) is -0.0674. The maximum absolute atomic E-state index is 13.1. The Morgan fingerprint density at radius 2 is 1.71 bits per heavy atom. The molecule has 0 aliphatic heterocycles. The Hall–Kier alpha value is -3.42. The molecular formula is C27H24N4OS2. The highest BCUT2D eigenvalue weighted by atomic mass is 32.2. The van der Waals surface area contributed by atoms with Crippen LogP contribution < -0.4 is 5.32 Å². The Morgan fingerprint density at radius 3 is 2.41 bits per heavy atom. The number of benzene rings is 3. The van der Waals surface area contributed by atoms with Gasteiger partial charge in [-0.3, -0.25) is 4.79 Å². The maximum Gasteiger partial charge on any atom is 0.239 e. The van der Waals surface area contributed by atoms with Crippen LogP contribution in [0.5, 0.6) is 0 Å². The van der Waals surface area contributed by atoms with Gasteiger partial charge >= 0.3 is 0 Å². The molecule has 2 heterocycles. The quantitative estimate of drug-likeness (QED) is 0.240. The molecule has 0 saturated carbocycles. The Balaban J connectivity index is 1.40. The number of thioether (sulfide) groups is 1. The van der Waals surface area contributed by atoms with Crippen molar-refractivity contribution in [3.8, 4) is 22.5 Å². The molecule has 1 unspecified atom stereocenters. The van der Waals surface area contributed by atoms with Gasteiger partial charge in [0.15, 0.2) is 10.3 Å². The molecule has 34 heavy (non-hydrogen) atoms. The van der Waals surface area contributed by atoms with E-state index in [4.69, 9.17) is 4.98 Å². The number of rotatable bonds is 7. The Labute approximate surface area is 206 Å². The molecule has 5 rings (SSSR count). The average molecular weight is 485 g/mol. The molecular weight excluding hydrogens is 460 g/mol. The Bertz CT molecular complexity index is 1370. The molecule has 3 aromatic carbocycles. The number of aryl methyl sites for hydroxylation is 1. The lowest BCUT2D eigenvalue weighted by Gasteiger charge is -2.11. The SMILES string of the molecule is CCC(Sc1nc(-c2ccccc2)c(-c2ccccc2)[nH]1)C(=O)Nc1nc2ccc(C)cc2s1. The molecule has 0 radical (unpaired) electrons. The number of carbonyl (C=O) groups is 1. The first-order valence-electron chi connectivity index (χ1n) is 11.2. The second kappa shape index (κ2) is 9.83. The smallest absolute Gasteiger partial charge is 0.239 e. The molecule has 1 atom stereocenters. The van der Waals surface area contributed by atoms with E-state index in [2.05, 4.69) is 52.5 Å². The van der Waals surface area contributed by atoms with Crippen LogP contribution >= 0.6 is 23.1 Å². The molecule has 0 aliphatic carbocycles. The van der Waals surface area contributed by atoms with E-state index in [1.165, 1.54) is 28.7 Å². The lowest BCUT2D eigenvalue weighted by atomic mass is 10.1. The summed E-state index contributed by atoms with van der Waals surface area (Å²) >= 11 is 2.95. The third-order valence-corrected chi connectivity index (χ3v) is 7.67. The first-order chi connectivity index (χ1) is 16.6. The number of carbonyl (C=O) groups excluding carboxylic acids is 1. The third-order valence-electron chi connectivity index (χ3n) is 5.48. The highest BCUT2D eigenvalue weighted by Crippen LogP contribution is 2.35. The van der Waals surface area contributed by atoms with Crippen molar-refractivity contribution in [1.29, 1.82) is 0 Å². The van der Waals surface area contributed by atoms with Crippen LogP contribution in [0.25, 0.3) is 32.7 Å². The van der Waals surface area contributed by atoms with Crippen LogP contribution in [0.15, 0.2) is 84.0 Å². The highest BCUT2D eigenvalue weighted by molar-refractivity contribution is 8.00. The van der Waals surface area contributed by atoms with Crippen LogP contribution in [0.4, 0.5) is 5.13 Å². The van der Waals surface area contributed by atoms with Crippen LogP contribution in [0.3, 0.4) is 0 Å². The second-order valence-electron chi connectivity index (χ2n) is 7.99. The largest absolute Gasteiger partial charge is 0.332 e. The van der Waals surface area contributed by atoms with Crippen molar-refractivity contribution < 1.29 is 4.79 Å². The zero-order valence-electron chi connectivity index (χ0n) is 18.9. The topological polar surface area (TPSA) is 70.7 Å². The number of nitrogens with one attached hydrogen (secondary N) is 2. The van der Waals surface area contributed by atoms with Crippen LogP contribution in [0.2, 0.25) is 0 Å². The van der Waals surface area contributed by atoms with Gasteiger partial charge in [-0.1, -0.05) is 96.8 Å². The number of nitrogens with zero attached hydrogens (tertiary/aromatic N) is 2. The molecule has 2 aromatic heterocycles. The summed E-state index contributed by atoms with van der Waals surface area (Å²) in [6.07, 6.45) is 0.669. The predicted molar refractivity (Wildman–Crippen MR) is 142 cm³/mol. The predicted octanol–water partition coefficient (Wildman–Crippen LogP) is 7.17. The van der Waals surface area contributed by atoms with E-state index in [-0.39, 0.29) is 11.2 Å². The van der Waals surface area contributed by atoms with Gasteiger partial charge in [0.05, 0.1) is 26.9 Å². The van der Waals surface area contributed by atoms with Crippen LogP contribution in [-0.2, 0) is 4.79 Å². The minimum Gasteiger partial charge on any atom is -0.332 e. The summed E-state index contributed by atoms with van der Waals surface area (Å²) in [6.45, 7) is 4.07. The lowest BCUT2D eigenvalue weighted by molar-refractivity contribution is -0.115. The highest BCUT2D eigenvalue weighted by Gasteiger charge is 2.23. The summed E-state index contributed by atoms with van der Waals surface area (Å²) in [4.78, 5) is 26.0. The number of H-pyrrole nitrogens is 1. The van der Waals surface area contributed by atoms with E-state index in [0.717, 1.165) is 37.9 Å². The van der Waals surface area contributed by atoms with E-state index in [0.29, 0.717) is 11.6 Å². The number of imidazole rings is 1. The summed E-state index contributed by atoms with van der Waals surface area (Å²) < 4.78 is 1.07. The van der Waals surface area contributed by atoms with Gasteiger partial charge in [-0.25, -0.2) is 9.97 Å². The van der Waals surface area contributed by atoms with E-state index in [1.54, 1.807) is 0 Å². The number of aromatic nitrogens is 3. The van der Waals surface area contributed by atoms with Gasteiger partial charge in [0, 0.05) is 11.1 Å². The average Bonchev–Trinajstić information content (AvgIpc) is 3.47. The first kappa shape index (κ1) is 22.4. The molecule has 7 heteroatoms. The molecule has 0 bridgehead atoms.